The molecule has 2 aromatic rings. The molecule has 0 saturated heterocycles. The number of ether oxygens (including phenoxy) is 1. The molecule has 1 atom stereocenters. The monoisotopic (exact) mass is 301 g/mol. The summed E-state index contributed by atoms with van der Waals surface area (Å²) >= 11 is 11.7. The second-order valence-electron chi connectivity index (χ2n) is 4.03. The maximum Gasteiger partial charge on any atom is 0.328 e. The second-order valence-corrected chi connectivity index (χ2v) is 4.85. The van der Waals surface area contributed by atoms with Crippen molar-refractivity contribution < 1.29 is 9.53 Å². The molecule has 7 heteroatoms. The quantitative estimate of drug-likeness (QED) is 0.643. The van der Waals surface area contributed by atoms with Gasteiger partial charge in [0.15, 0.2) is 5.65 Å². The summed E-state index contributed by atoms with van der Waals surface area (Å²) in [6.45, 7) is 1.74. The predicted octanol–water partition coefficient (Wildman–Crippen LogP) is 2.60. The molecular formula is C12H13Cl2N3O2. The van der Waals surface area contributed by atoms with Crippen LogP contribution in [0.5, 0.6) is 0 Å². The molecule has 0 aliphatic carbocycles. The maximum atomic E-state index is 11.7. The minimum Gasteiger partial charge on any atom is -0.467 e. The van der Waals surface area contributed by atoms with E-state index in [1.165, 1.54) is 13.3 Å². The van der Waals surface area contributed by atoms with Crippen LogP contribution < -0.4 is 0 Å². The van der Waals surface area contributed by atoms with Crippen LogP contribution in [-0.2, 0) is 16.0 Å². The van der Waals surface area contributed by atoms with Crippen molar-refractivity contribution >= 4 is 40.3 Å². The Morgan fingerprint density at radius 3 is 2.95 bits per heavy atom. The maximum absolute atomic E-state index is 11.7. The summed E-state index contributed by atoms with van der Waals surface area (Å²) in [6, 6.07) is 1.20. The molecule has 2 rings (SSSR count). The van der Waals surface area contributed by atoms with Gasteiger partial charge in [0.05, 0.1) is 12.1 Å². The van der Waals surface area contributed by atoms with E-state index in [1.807, 2.05) is 0 Å². The summed E-state index contributed by atoms with van der Waals surface area (Å²) in [5, 5.41) is 0.500. The Labute approximate surface area is 120 Å². The van der Waals surface area contributed by atoms with Gasteiger partial charge < -0.3 is 4.74 Å². The molecule has 102 valence electrons. The summed E-state index contributed by atoms with van der Waals surface area (Å²) in [5.74, 6) is 0.745. The van der Waals surface area contributed by atoms with E-state index in [-0.39, 0.29) is 5.97 Å². The first-order chi connectivity index (χ1) is 9.08. The van der Waals surface area contributed by atoms with Crippen molar-refractivity contribution in [3.8, 4) is 0 Å². The Morgan fingerprint density at radius 2 is 2.32 bits per heavy atom. The molecule has 0 saturated carbocycles. The van der Waals surface area contributed by atoms with Crippen LogP contribution in [0.1, 0.15) is 18.8 Å². The molecule has 0 aliphatic rings. The third-order valence-corrected chi connectivity index (χ3v) is 3.21. The number of imidazole rings is 1. The number of halogens is 2. The van der Waals surface area contributed by atoms with E-state index in [4.69, 9.17) is 27.9 Å². The normalized spacial score (nSPS) is 12.6. The Morgan fingerprint density at radius 1 is 1.58 bits per heavy atom. The largest absolute Gasteiger partial charge is 0.467 e. The third-order valence-electron chi connectivity index (χ3n) is 2.82. The second kappa shape index (κ2) is 5.75. The SMILES string of the molecule is COC(=O)C(C)n1c(CCCl)nc2cc(Cl)cnc21. The van der Waals surface area contributed by atoms with Crippen molar-refractivity contribution in [3.63, 3.8) is 0 Å². The smallest absolute Gasteiger partial charge is 0.328 e. The molecule has 0 aliphatic heterocycles. The lowest BCUT2D eigenvalue weighted by molar-refractivity contribution is -0.144. The summed E-state index contributed by atoms with van der Waals surface area (Å²) in [6.07, 6.45) is 2.06. The van der Waals surface area contributed by atoms with E-state index in [2.05, 4.69) is 9.97 Å². The van der Waals surface area contributed by atoms with E-state index >= 15 is 0 Å². The van der Waals surface area contributed by atoms with Gasteiger partial charge in [0.25, 0.3) is 0 Å². The molecule has 0 aromatic carbocycles. The molecule has 1 unspecified atom stereocenters. The van der Waals surface area contributed by atoms with Crippen LogP contribution >= 0.6 is 23.2 Å². The van der Waals surface area contributed by atoms with Crippen LogP contribution in [0, 0.1) is 0 Å². The van der Waals surface area contributed by atoms with Gasteiger partial charge in [-0.3, -0.25) is 4.57 Å². The van der Waals surface area contributed by atoms with E-state index in [0.717, 1.165) is 0 Å². The first-order valence-electron chi connectivity index (χ1n) is 5.74. The van der Waals surface area contributed by atoms with Gasteiger partial charge in [-0.1, -0.05) is 11.6 Å². The number of methoxy groups -OCH3 is 1. The van der Waals surface area contributed by atoms with Crippen LogP contribution in [0.25, 0.3) is 11.2 Å². The Kier molecular flexibility index (Phi) is 4.27. The zero-order chi connectivity index (χ0) is 14.0. The predicted molar refractivity (Wildman–Crippen MR) is 73.7 cm³/mol. The van der Waals surface area contributed by atoms with Gasteiger partial charge in [-0.05, 0) is 13.0 Å². The summed E-state index contributed by atoms with van der Waals surface area (Å²) in [4.78, 5) is 20.4. The van der Waals surface area contributed by atoms with Crippen molar-refractivity contribution in [1.29, 1.82) is 0 Å². The highest BCUT2D eigenvalue weighted by Crippen LogP contribution is 2.23. The van der Waals surface area contributed by atoms with Gasteiger partial charge in [0, 0.05) is 18.5 Å². The van der Waals surface area contributed by atoms with Crippen LogP contribution in [0.15, 0.2) is 12.3 Å². The van der Waals surface area contributed by atoms with Crippen molar-refractivity contribution in [2.45, 2.75) is 19.4 Å². The number of rotatable bonds is 4. The van der Waals surface area contributed by atoms with Crippen molar-refractivity contribution in [1.82, 2.24) is 14.5 Å². The van der Waals surface area contributed by atoms with Crippen molar-refractivity contribution in [2.75, 3.05) is 13.0 Å². The Bertz CT molecular complexity index is 612. The molecule has 0 fully saturated rings. The molecule has 2 aromatic heterocycles. The first kappa shape index (κ1) is 14.1. The zero-order valence-electron chi connectivity index (χ0n) is 10.6. The fourth-order valence-corrected chi connectivity index (χ4v) is 2.27. The highest BCUT2D eigenvalue weighted by Gasteiger charge is 2.22. The number of hydrogen-bond acceptors (Lipinski definition) is 4. The van der Waals surface area contributed by atoms with E-state index < -0.39 is 6.04 Å². The van der Waals surface area contributed by atoms with Crippen molar-refractivity contribution in [3.05, 3.63) is 23.1 Å². The summed E-state index contributed by atoms with van der Waals surface area (Å²) in [7, 11) is 1.35. The summed E-state index contributed by atoms with van der Waals surface area (Å²) in [5.41, 5.74) is 1.24. The molecular weight excluding hydrogens is 289 g/mol. The minimum absolute atomic E-state index is 0.355. The number of esters is 1. The number of hydrogen-bond donors (Lipinski definition) is 0. The lowest BCUT2D eigenvalue weighted by Crippen LogP contribution is -2.20. The highest BCUT2D eigenvalue weighted by atomic mass is 35.5. The highest BCUT2D eigenvalue weighted by molar-refractivity contribution is 6.31. The van der Waals surface area contributed by atoms with Gasteiger partial charge in [0.2, 0.25) is 0 Å². The third kappa shape index (κ3) is 2.67. The molecule has 0 bridgehead atoms. The average molecular weight is 302 g/mol. The number of carbonyl (C=O) groups excluding carboxylic acids is 1. The number of aryl methyl sites for hydroxylation is 1. The molecule has 0 radical (unpaired) electrons. The minimum atomic E-state index is -0.512. The van der Waals surface area contributed by atoms with Gasteiger partial charge in [-0.15, -0.1) is 11.6 Å². The van der Waals surface area contributed by atoms with Gasteiger partial charge in [0.1, 0.15) is 17.4 Å². The fourth-order valence-electron chi connectivity index (χ4n) is 1.95. The van der Waals surface area contributed by atoms with Gasteiger partial charge >= 0.3 is 5.97 Å². The van der Waals surface area contributed by atoms with E-state index in [9.17, 15) is 4.79 Å². The first-order valence-corrected chi connectivity index (χ1v) is 6.66. The number of pyridine rings is 1. The fraction of sp³-hybridized carbons (Fsp3) is 0.417. The Balaban J connectivity index is 2.61. The number of aromatic nitrogens is 3. The number of fused-ring (bicyclic) bond motifs is 1. The number of carbonyl (C=O) groups is 1. The van der Waals surface area contributed by atoms with E-state index in [1.54, 1.807) is 17.6 Å². The topological polar surface area (TPSA) is 57.0 Å². The standard InChI is InChI=1S/C12H13Cl2N3O2/c1-7(12(18)19-2)17-10(3-4-13)16-9-5-8(14)6-15-11(9)17/h5-7H,3-4H2,1-2H3. The van der Waals surface area contributed by atoms with Crippen LogP contribution in [0.4, 0.5) is 0 Å². The Hall–Kier alpha value is -1.33. The number of nitrogens with zero attached hydrogens (tertiary/aromatic N) is 3. The molecule has 0 spiro atoms. The zero-order valence-corrected chi connectivity index (χ0v) is 12.1. The molecule has 5 nitrogen and oxygen atoms in total. The van der Waals surface area contributed by atoms with Crippen LogP contribution in [0.2, 0.25) is 5.02 Å². The van der Waals surface area contributed by atoms with Crippen LogP contribution in [-0.4, -0.2) is 33.5 Å². The molecule has 2 heterocycles. The lowest BCUT2D eigenvalue weighted by Gasteiger charge is -2.14. The summed E-state index contributed by atoms with van der Waals surface area (Å²) < 4.78 is 6.50. The number of alkyl halides is 1. The van der Waals surface area contributed by atoms with Crippen LogP contribution in [0.3, 0.4) is 0 Å². The molecule has 0 N–H and O–H groups in total. The molecule has 19 heavy (non-hydrogen) atoms. The van der Waals surface area contributed by atoms with Gasteiger partial charge in [-0.2, -0.15) is 0 Å². The van der Waals surface area contributed by atoms with E-state index in [0.29, 0.717) is 34.3 Å². The van der Waals surface area contributed by atoms with Gasteiger partial charge in [-0.25, -0.2) is 14.8 Å². The molecule has 0 amide bonds. The lowest BCUT2D eigenvalue weighted by atomic mass is 10.3. The van der Waals surface area contributed by atoms with Crippen molar-refractivity contribution in [2.24, 2.45) is 0 Å². The average Bonchev–Trinajstić information content (AvgIpc) is 2.74.